The zero-order valence-electron chi connectivity index (χ0n) is 13.1. The molecule has 0 aliphatic heterocycles. The Morgan fingerprint density at radius 3 is 2.52 bits per heavy atom. The van der Waals surface area contributed by atoms with Crippen molar-refractivity contribution in [2.24, 2.45) is 5.92 Å². The number of carbonyl (C=O) groups excluding carboxylic acids is 1. The molecule has 0 heterocycles. The van der Waals surface area contributed by atoms with Crippen molar-refractivity contribution in [1.82, 2.24) is 0 Å². The van der Waals surface area contributed by atoms with E-state index < -0.39 is 0 Å². The van der Waals surface area contributed by atoms with Crippen LogP contribution in [0.15, 0.2) is 46.9 Å². The van der Waals surface area contributed by atoms with Crippen LogP contribution in [0.5, 0.6) is 5.75 Å². The molecule has 0 unspecified atom stereocenters. The predicted molar refractivity (Wildman–Crippen MR) is 98.5 cm³/mol. The molecule has 0 spiro atoms. The topological polar surface area (TPSA) is 38.3 Å². The molecule has 0 saturated heterocycles. The lowest BCUT2D eigenvalue weighted by atomic mass is 10.1. The molecule has 0 aliphatic carbocycles. The normalized spacial score (nSPS) is 10.7. The molecule has 122 valence electrons. The van der Waals surface area contributed by atoms with E-state index in [4.69, 9.17) is 16.3 Å². The van der Waals surface area contributed by atoms with Crippen molar-refractivity contribution in [2.75, 3.05) is 11.9 Å². The zero-order valence-corrected chi connectivity index (χ0v) is 15.4. The lowest BCUT2D eigenvalue weighted by Crippen LogP contribution is -2.12. The second kappa shape index (κ2) is 8.37. The van der Waals surface area contributed by atoms with Crippen LogP contribution in [0.3, 0.4) is 0 Å². The van der Waals surface area contributed by atoms with Gasteiger partial charge in [-0.1, -0.05) is 25.4 Å². The predicted octanol–water partition coefficient (Wildman–Crippen LogP) is 5.78. The number of anilines is 1. The molecule has 0 fully saturated rings. The molecule has 0 radical (unpaired) electrons. The van der Waals surface area contributed by atoms with Gasteiger partial charge in [0.25, 0.3) is 5.91 Å². The van der Waals surface area contributed by atoms with Gasteiger partial charge in [0.15, 0.2) is 0 Å². The van der Waals surface area contributed by atoms with E-state index in [1.807, 2.05) is 0 Å². The second-order valence-electron chi connectivity index (χ2n) is 5.64. The molecule has 0 bridgehead atoms. The van der Waals surface area contributed by atoms with E-state index in [1.165, 1.54) is 0 Å². The number of benzene rings is 2. The van der Waals surface area contributed by atoms with Crippen LogP contribution in [-0.4, -0.2) is 12.5 Å². The van der Waals surface area contributed by atoms with Gasteiger partial charge in [0, 0.05) is 16.3 Å². The molecule has 0 aliphatic rings. The van der Waals surface area contributed by atoms with Crippen molar-refractivity contribution in [2.45, 2.75) is 20.3 Å². The van der Waals surface area contributed by atoms with E-state index in [2.05, 4.69) is 35.1 Å². The SMILES string of the molecule is CC(C)CCOc1ccc(C(=O)Nc2ccc(Cl)cc2)cc1Br. The van der Waals surface area contributed by atoms with Crippen LogP contribution in [0, 0.1) is 5.92 Å². The van der Waals surface area contributed by atoms with E-state index in [9.17, 15) is 4.79 Å². The van der Waals surface area contributed by atoms with Crippen LogP contribution in [-0.2, 0) is 0 Å². The highest BCUT2D eigenvalue weighted by Gasteiger charge is 2.10. The lowest BCUT2D eigenvalue weighted by Gasteiger charge is -2.11. The number of hydrogen-bond acceptors (Lipinski definition) is 2. The average Bonchev–Trinajstić information content (AvgIpc) is 2.50. The number of ether oxygens (including phenoxy) is 1. The first-order chi connectivity index (χ1) is 11.0. The highest BCUT2D eigenvalue weighted by molar-refractivity contribution is 9.10. The first kappa shape index (κ1) is 17.8. The third kappa shape index (κ3) is 5.56. The summed E-state index contributed by atoms with van der Waals surface area (Å²) in [7, 11) is 0. The minimum atomic E-state index is -0.179. The van der Waals surface area contributed by atoms with Gasteiger partial charge >= 0.3 is 0 Å². The van der Waals surface area contributed by atoms with E-state index in [0.717, 1.165) is 16.6 Å². The largest absolute Gasteiger partial charge is 0.492 e. The van der Waals surface area contributed by atoms with Gasteiger partial charge in [-0.3, -0.25) is 4.79 Å². The molecule has 3 nitrogen and oxygen atoms in total. The Balaban J connectivity index is 2.01. The van der Waals surface area contributed by atoms with Gasteiger partial charge in [0.2, 0.25) is 0 Å². The van der Waals surface area contributed by atoms with Crippen LogP contribution in [0.2, 0.25) is 5.02 Å². The highest BCUT2D eigenvalue weighted by atomic mass is 79.9. The van der Waals surface area contributed by atoms with Gasteiger partial charge in [-0.25, -0.2) is 0 Å². The maximum absolute atomic E-state index is 12.3. The van der Waals surface area contributed by atoms with Crippen LogP contribution in [0.25, 0.3) is 0 Å². The molecule has 1 amide bonds. The Hall–Kier alpha value is -1.52. The summed E-state index contributed by atoms with van der Waals surface area (Å²) in [6.45, 7) is 4.97. The first-order valence-corrected chi connectivity index (χ1v) is 8.62. The third-order valence-electron chi connectivity index (χ3n) is 3.25. The minimum absolute atomic E-state index is 0.179. The Morgan fingerprint density at radius 2 is 1.91 bits per heavy atom. The molecule has 2 aromatic carbocycles. The summed E-state index contributed by atoms with van der Waals surface area (Å²) in [6.07, 6.45) is 0.991. The fraction of sp³-hybridized carbons (Fsp3) is 0.278. The zero-order chi connectivity index (χ0) is 16.8. The van der Waals surface area contributed by atoms with Crippen molar-refractivity contribution in [3.05, 3.63) is 57.5 Å². The van der Waals surface area contributed by atoms with Gasteiger partial charge in [0.05, 0.1) is 11.1 Å². The van der Waals surface area contributed by atoms with Gasteiger partial charge in [-0.15, -0.1) is 0 Å². The molecule has 1 N–H and O–H groups in total. The Kier molecular flexibility index (Phi) is 6.48. The molecule has 2 rings (SSSR count). The van der Waals surface area contributed by atoms with Gasteiger partial charge in [-0.05, 0) is 70.7 Å². The van der Waals surface area contributed by atoms with E-state index in [0.29, 0.717) is 28.8 Å². The van der Waals surface area contributed by atoms with Gasteiger partial charge < -0.3 is 10.1 Å². The molecule has 5 heteroatoms. The number of rotatable bonds is 6. The summed E-state index contributed by atoms with van der Waals surface area (Å²) in [6, 6.07) is 12.3. The maximum atomic E-state index is 12.3. The average molecular weight is 397 g/mol. The van der Waals surface area contributed by atoms with Crippen molar-refractivity contribution < 1.29 is 9.53 Å². The third-order valence-corrected chi connectivity index (χ3v) is 4.12. The van der Waals surface area contributed by atoms with Crippen molar-refractivity contribution in [3.8, 4) is 5.75 Å². The standard InChI is InChI=1S/C18H19BrClNO2/c1-12(2)9-10-23-17-8-3-13(11-16(17)19)18(22)21-15-6-4-14(20)5-7-15/h3-8,11-12H,9-10H2,1-2H3,(H,21,22). The number of nitrogens with one attached hydrogen (secondary N) is 1. The molecule has 0 aromatic heterocycles. The molecule has 2 aromatic rings. The summed E-state index contributed by atoms with van der Waals surface area (Å²) in [5.41, 5.74) is 1.26. The van der Waals surface area contributed by atoms with Crippen LogP contribution < -0.4 is 10.1 Å². The lowest BCUT2D eigenvalue weighted by molar-refractivity contribution is 0.102. The Morgan fingerprint density at radius 1 is 1.22 bits per heavy atom. The Labute approximate surface area is 150 Å². The molecular formula is C18H19BrClNO2. The smallest absolute Gasteiger partial charge is 0.255 e. The summed E-state index contributed by atoms with van der Waals surface area (Å²) in [5.74, 6) is 1.16. The number of hydrogen-bond donors (Lipinski definition) is 1. The summed E-state index contributed by atoms with van der Waals surface area (Å²) in [5, 5.41) is 3.46. The van der Waals surface area contributed by atoms with Crippen LogP contribution in [0.4, 0.5) is 5.69 Å². The van der Waals surface area contributed by atoms with E-state index in [-0.39, 0.29) is 5.91 Å². The van der Waals surface area contributed by atoms with Gasteiger partial charge in [0.1, 0.15) is 5.75 Å². The maximum Gasteiger partial charge on any atom is 0.255 e. The fourth-order valence-corrected chi connectivity index (χ4v) is 2.52. The molecule has 0 saturated carbocycles. The number of carbonyl (C=O) groups is 1. The molecule has 0 atom stereocenters. The van der Waals surface area contributed by atoms with Crippen molar-refractivity contribution in [3.63, 3.8) is 0 Å². The summed E-state index contributed by atoms with van der Waals surface area (Å²) >= 11 is 9.29. The summed E-state index contributed by atoms with van der Waals surface area (Å²) < 4.78 is 6.49. The fourth-order valence-electron chi connectivity index (χ4n) is 1.90. The number of halogens is 2. The second-order valence-corrected chi connectivity index (χ2v) is 6.93. The first-order valence-electron chi connectivity index (χ1n) is 7.45. The van der Waals surface area contributed by atoms with E-state index in [1.54, 1.807) is 42.5 Å². The van der Waals surface area contributed by atoms with Crippen molar-refractivity contribution >= 4 is 39.1 Å². The summed E-state index contributed by atoms with van der Waals surface area (Å²) in [4.78, 5) is 12.3. The number of amides is 1. The minimum Gasteiger partial charge on any atom is -0.492 e. The van der Waals surface area contributed by atoms with Gasteiger partial charge in [-0.2, -0.15) is 0 Å². The monoisotopic (exact) mass is 395 g/mol. The molecule has 23 heavy (non-hydrogen) atoms. The quantitative estimate of drug-likeness (QED) is 0.672. The van der Waals surface area contributed by atoms with Crippen LogP contribution in [0.1, 0.15) is 30.6 Å². The highest BCUT2D eigenvalue weighted by Crippen LogP contribution is 2.27. The molecular weight excluding hydrogens is 378 g/mol. The van der Waals surface area contributed by atoms with E-state index >= 15 is 0 Å². The van der Waals surface area contributed by atoms with Crippen molar-refractivity contribution in [1.29, 1.82) is 0 Å². The Bertz CT molecular complexity index is 671. The van der Waals surface area contributed by atoms with Crippen LogP contribution >= 0.6 is 27.5 Å².